The molecule has 0 atom stereocenters. The van der Waals surface area contributed by atoms with Crippen LogP contribution in [0.5, 0.6) is 0 Å². The third kappa shape index (κ3) is 4.08. The molecule has 5 aromatic rings. The topological polar surface area (TPSA) is 98.5 Å². The lowest BCUT2D eigenvalue weighted by Crippen LogP contribution is -2.04. The highest BCUT2D eigenvalue weighted by atomic mass is 35.5. The smallest absolute Gasteiger partial charge is 0.161 e. The lowest BCUT2D eigenvalue weighted by Gasteiger charge is -2.11. The van der Waals surface area contributed by atoms with Crippen molar-refractivity contribution < 1.29 is 9.18 Å². The molecule has 4 aromatic heterocycles. The third-order valence-electron chi connectivity index (χ3n) is 5.19. The fraction of sp³-hybridized carbons (Fsp3) is 0.0833. The Morgan fingerprint density at radius 1 is 1.06 bits per heavy atom. The highest BCUT2D eigenvalue weighted by Gasteiger charge is 2.18. The number of carbonyl (C=O) groups excluding carboxylic acids is 1. The Balaban J connectivity index is 1.56. The first-order chi connectivity index (χ1) is 16.4. The van der Waals surface area contributed by atoms with Gasteiger partial charge >= 0.3 is 0 Å². The van der Waals surface area contributed by atoms with Crippen LogP contribution in [0.25, 0.3) is 28.1 Å². The Bertz CT molecular complexity index is 1550. The molecule has 4 heterocycles. The average molecular weight is 474 g/mol. The Morgan fingerprint density at radius 2 is 1.91 bits per heavy atom. The van der Waals surface area contributed by atoms with Crippen LogP contribution in [0, 0.1) is 12.7 Å². The van der Waals surface area contributed by atoms with Gasteiger partial charge in [0.15, 0.2) is 11.6 Å². The maximum Gasteiger partial charge on any atom is 0.161 e. The van der Waals surface area contributed by atoms with E-state index in [1.165, 1.54) is 13.0 Å². The SMILES string of the molecule is CC(=O)c1ccc(-n2cnc3cc(Nc4ccc(C)nn4)ccc32)nc1-c1cc(F)cnc1Cl. The number of pyridine rings is 2. The van der Waals surface area contributed by atoms with Gasteiger partial charge in [0, 0.05) is 16.8 Å². The van der Waals surface area contributed by atoms with Gasteiger partial charge in [0.05, 0.1) is 28.6 Å². The number of fused-ring (bicyclic) bond motifs is 1. The highest BCUT2D eigenvalue weighted by molar-refractivity contribution is 6.32. The lowest BCUT2D eigenvalue weighted by atomic mass is 10.0. The monoisotopic (exact) mass is 473 g/mol. The zero-order valence-corrected chi connectivity index (χ0v) is 18.9. The summed E-state index contributed by atoms with van der Waals surface area (Å²) in [5, 5.41) is 11.4. The minimum Gasteiger partial charge on any atom is -0.339 e. The maximum atomic E-state index is 13.9. The molecule has 0 saturated carbocycles. The number of nitrogens with one attached hydrogen (secondary N) is 1. The number of aryl methyl sites for hydroxylation is 1. The summed E-state index contributed by atoms with van der Waals surface area (Å²) in [7, 11) is 0. The van der Waals surface area contributed by atoms with Gasteiger partial charge in [-0.05, 0) is 62.4 Å². The molecule has 0 aliphatic heterocycles. The second-order valence-electron chi connectivity index (χ2n) is 7.62. The first kappa shape index (κ1) is 21.6. The van der Waals surface area contributed by atoms with Crippen molar-refractivity contribution in [2.24, 2.45) is 0 Å². The summed E-state index contributed by atoms with van der Waals surface area (Å²) in [5.74, 6) is 0.316. The van der Waals surface area contributed by atoms with E-state index < -0.39 is 5.82 Å². The molecule has 10 heteroatoms. The minimum absolute atomic E-state index is 0.0546. The maximum absolute atomic E-state index is 13.9. The van der Waals surface area contributed by atoms with Crippen molar-refractivity contribution in [3.8, 4) is 17.1 Å². The normalized spacial score (nSPS) is 11.1. The zero-order chi connectivity index (χ0) is 23.8. The number of Topliss-reactive ketones (excluding diaryl/α,β-unsaturated/α-hetero) is 1. The van der Waals surface area contributed by atoms with E-state index in [4.69, 9.17) is 11.6 Å². The number of hydrogen-bond donors (Lipinski definition) is 1. The number of imidazole rings is 1. The van der Waals surface area contributed by atoms with Gasteiger partial charge < -0.3 is 5.32 Å². The van der Waals surface area contributed by atoms with Gasteiger partial charge in [-0.3, -0.25) is 9.36 Å². The van der Waals surface area contributed by atoms with Crippen molar-refractivity contribution in [3.05, 3.63) is 83.3 Å². The molecule has 5 rings (SSSR count). The summed E-state index contributed by atoms with van der Waals surface area (Å²) in [6.07, 6.45) is 2.64. The first-order valence-corrected chi connectivity index (χ1v) is 10.6. The molecule has 0 amide bonds. The van der Waals surface area contributed by atoms with Gasteiger partial charge in [-0.25, -0.2) is 19.3 Å². The summed E-state index contributed by atoms with van der Waals surface area (Å²) in [5.41, 5.74) is 3.94. The van der Waals surface area contributed by atoms with Crippen LogP contribution in [-0.4, -0.2) is 35.5 Å². The highest BCUT2D eigenvalue weighted by Crippen LogP contribution is 2.30. The van der Waals surface area contributed by atoms with E-state index in [0.29, 0.717) is 17.2 Å². The zero-order valence-electron chi connectivity index (χ0n) is 18.1. The number of carbonyl (C=O) groups is 1. The van der Waals surface area contributed by atoms with E-state index in [0.717, 1.165) is 28.6 Å². The van der Waals surface area contributed by atoms with E-state index in [9.17, 15) is 9.18 Å². The van der Waals surface area contributed by atoms with Crippen molar-refractivity contribution in [3.63, 3.8) is 0 Å². The molecule has 0 spiro atoms. The molecule has 1 aromatic carbocycles. The summed E-state index contributed by atoms with van der Waals surface area (Å²) in [6, 6.07) is 13.9. The number of ketones is 1. The Morgan fingerprint density at radius 3 is 2.68 bits per heavy atom. The van der Waals surface area contributed by atoms with Crippen LogP contribution >= 0.6 is 11.6 Å². The van der Waals surface area contributed by atoms with Gasteiger partial charge in [-0.15, -0.1) is 5.10 Å². The van der Waals surface area contributed by atoms with Crippen molar-refractivity contribution in [2.75, 3.05) is 5.32 Å². The van der Waals surface area contributed by atoms with E-state index in [-0.39, 0.29) is 22.2 Å². The Kier molecular flexibility index (Phi) is 5.46. The van der Waals surface area contributed by atoms with Gasteiger partial charge in [0.1, 0.15) is 23.1 Å². The van der Waals surface area contributed by atoms with E-state index >= 15 is 0 Å². The van der Waals surface area contributed by atoms with Crippen molar-refractivity contribution in [2.45, 2.75) is 13.8 Å². The standard InChI is InChI=1S/C24H17ClFN7O/c1-13-3-7-21(32-31-13)29-16-4-6-20-19(10-16)28-12-33(20)22-8-5-17(14(2)34)23(30-22)18-9-15(26)11-27-24(18)25/h3-12H,1-2H3,(H,29,32). The predicted octanol–water partition coefficient (Wildman–Crippen LogP) is 5.32. The molecule has 0 radical (unpaired) electrons. The van der Waals surface area contributed by atoms with E-state index in [1.54, 1.807) is 23.0 Å². The summed E-state index contributed by atoms with van der Waals surface area (Å²) < 4.78 is 15.7. The number of hydrogen-bond acceptors (Lipinski definition) is 7. The number of benzene rings is 1. The molecule has 0 unspecified atom stereocenters. The molecular weight excluding hydrogens is 457 g/mol. The van der Waals surface area contributed by atoms with Gasteiger partial charge in [0.2, 0.25) is 0 Å². The molecule has 0 aliphatic carbocycles. The molecule has 0 aliphatic rings. The van der Waals surface area contributed by atoms with Crippen LogP contribution in [0.15, 0.2) is 61.1 Å². The number of rotatable bonds is 5. The first-order valence-electron chi connectivity index (χ1n) is 10.3. The second-order valence-corrected chi connectivity index (χ2v) is 7.97. The van der Waals surface area contributed by atoms with Crippen molar-refractivity contribution in [1.29, 1.82) is 0 Å². The minimum atomic E-state index is -0.576. The Labute approximate surface area is 198 Å². The predicted molar refractivity (Wildman–Crippen MR) is 127 cm³/mol. The number of aromatic nitrogens is 6. The van der Waals surface area contributed by atoms with Crippen molar-refractivity contribution >= 4 is 39.9 Å². The van der Waals surface area contributed by atoms with Gasteiger partial charge in [-0.2, -0.15) is 5.10 Å². The number of nitrogens with zero attached hydrogens (tertiary/aromatic N) is 6. The Hall–Kier alpha value is -4.24. The van der Waals surface area contributed by atoms with E-state index in [1.807, 2.05) is 37.3 Å². The van der Waals surface area contributed by atoms with Crippen LogP contribution in [0.2, 0.25) is 5.15 Å². The van der Waals surface area contributed by atoms with Crippen LogP contribution < -0.4 is 5.32 Å². The van der Waals surface area contributed by atoms with Gasteiger partial charge in [-0.1, -0.05) is 11.6 Å². The molecule has 0 saturated heterocycles. The van der Waals surface area contributed by atoms with Crippen LogP contribution in [-0.2, 0) is 0 Å². The molecule has 8 nitrogen and oxygen atoms in total. The third-order valence-corrected chi connectivity index (χ3v) is 5.49. The van der Waals surface area contributed by atoms with Gasteiger partial charge in [0.25, 0.3) is 0 Å². The largest absolute Gasteiger partial charge is 0.339 e. The molecular formula is C24H17ClFN7O. The van der Waals surface area contributed by atoms with Crippen LogP contribution in [0.1, 0.15) is 23.0 Å². The lowest BCUT2D eigenvalue weighted by molar-refractivity contribution is 0.101. The fourth-order valence-electron chi connectivity index (χ4n) is 3.55. The molecule has 168 valence electrons. The molecule has 0 bridgehead atoms. The fourth-order valence-corrected chi connectivity index (χ4v) is 3.74. The summed E-state index contributed by atoms with van der Waals surface area (Å²) in [4.78, 5) is 25.2. The number of halogens is 2. The summed E-state index contributed by atoms with van der Waals surface area (Å²) >= 11 is 6.21. The van der Waals surface area contributed by atoms with Crippen molar-refractivity contribution in [1.82, 2.24) is 29.7 Å². The summed E-state index contributed by atoms with van der Waals surface area (Å²) in [6.45, 7) is 3.29. The van der Waals surface area contributed by atoms with Crippen LogP contribution in [0.4, 0.5) is 15.9 Å². The van der Waals surface area contributed by atoms with Crippen LogP contribution in [0.3, 0.4) is 0 Å². The number of anilines is 2. The average Bonchev–Trinajstić information content (AvgIpc) is 3.25. The quantitative estimate of drug-likeness (QED) is 0.272. The molecule has 1 N–H and O–H groups in total. The van der Waals surface area contributed by atoms with E-state index in [2.05, 4.69) is 30.5 Å². The second kappa shape index (κ2) is 8.60. The molecule has 34 heavy (non-hydrogen) atoms. The molecule has 0 fully saturated rings.